The lowest BCUT2D eigenvalue weighted by atomic mass is 10.1. The molecule has 0 unspecified atom stereocenters. The third-order valence-corrected chi connectivity index (χ3v) is 5.69. The van der Waals surface area contributed by atoms with Crippen LogP contribution in [0.25, 0.3) is 0 Å². The van der Waals surface area contributed by atoms with Gasteiger partial charge >= 0.3 is 0 Å². The number of carbonyl (C=O) groups excluding carboxylic acids is 1. The summed E-state index contributed by atoms with van der Waals surface area (Å²) in [6.45, 7) is 6.84. The van der Waals surface area contributed by atoms with Crippen molar-refractivity contribution < 1.29 is 14.3 Å². The van der Waals surface area contributed by atoms with Gasteiger partial charge in [0.25, 0.3) is 5.91 Å². The van der Waals surface area contributed by atoms with Gasteiger partial charge in [-0.1, -0.05) is 32.4 Å². The number of halogens is 1. The van der Waals surface area contributed by atoms with Gasteiger partial charge in [0, 0.05) is 16.9 Å². The first kappa shape index (κ1) is 20.2. The van der Waals surface area contributed by atoms with Crippen LogP contribution < -0.4 is 14.8 Å². The summed E-state index contributed by atoms with van der Waals surface area (Å²) >= 11 is 8.31. The van der Waals surface area contributed by atoms with Crippen LogP contribution in [0.1, 0.15) is 50.4 Å². The highest BCUT2D eigenvalue weighted by Gasteiger charge is 2.26. The molecule has 4 nitrogen and oxygen atoms in total. The van der Waals surface area contributed by atoms with Gasteiger partial charge in [0.1, 0.15) is 0 Å². The summed E-state index contributed by atoms with van der Waals surface area (Å²) in [6, 6.07) is 3.59. The summed E-state index contributed by atoms with van der Waals surface area (Å²) in [4.78, 5) is 12.6. The van der Waals surface area contributed by atoms with Crippen molar-refractivity contribution in [2.24, 2.45) is 5.92 Å². The number of amides is 1. The fourth-order valence-electron chi connectivity index (χ4n) is 2.97. The minimum atomic E-state index is -0.109. The number of benzene rings is 1. The molecule has 0 bridgehead atoms. The van der Waals surface area contributed by atoms with Crippen molar-refractivity contribution in [3.05, 3.63) is 22.7 Å². The Balaban J connectivity index is 2.06. The van der Waals surface area contributed by atoms with E-state index in [4.69, 9.17) is 21.1 Å². The highest BCUT2D eigenvalue weighted by molar-refractivity contribution is 7.99. The average Bonchev–Trinajstić information content (AvgIpc) is 3.00. The van der Waals surface area contributed by atoms with Gasteiger partial charge in [-0.15, -0.1) is 0 Å². The predicted molar refractivity (Wildman–Crippen MR) is 105 cm³/mol. The topological polar surface area (TPSA) is 47.6 Å². The Labute approximate surface area is 160 Å². The first-order valence-electron chi connectivity index (χ1n) is 8.87. The molecule has 0 radical (unpaired) electrons. The Bertz CT molecular complexity index is 594. The maximum Gasteiger partial charge on any atom is 0.251 e. The van der Waals surface area contributed by atoms with Crippen LogP contribution >= 0.6 is 23.4 Å². The zero-order valence-corrected chi connectivity index (χ0v) is 17.0. The van der Waals surface area contributed by atoms with Crippen molar-refractivity contribution in [2.45, 2.75) is 51.3 Å². The number of methoxy groups -OCH3 is 1. The molecule has 1 aromatic rings. The van der Waals surface area contributed by atoms with Crippen LogP contribution in [0.3, 0.4) is 0 Å². The second-order valence-corrected chi connectivity index (χ2v) is 8.74. The van der Waals surface area contributed by atoms with E-state index in [-0.39, 0.29) is 11.9 Å². The van der Waals surface area contributed by atoms with Crippen molar-refractivity contribution >= 4 is 29.3 Å². The average molecular weight is 386 g/mol. The smallest absolute Gasteiger partial charge is 0.251 e. The second kappa shape index (κ2) is 9.58. The lowest BCUT2D eigenvalue weighted by molar-refractivity contribution is 0.0937. The molecule has 0 spiro atoms. The Morgan fingerprint density at radius 1 is 1.40 bits per heavy atom. The summed E-state index contributed by atoms with van der Waals surface area (Å²) in [7, 11) is 1.55. The van der Waals surface area contributed by atoms with Crippen molar-refractivity contribution in [1.82, 2.24) is 5.32 Å². The Morgan fingerprint density at radius 3 is 2.80 bits per heavy atom. The minimum absolute atomic E-state index is 0.109. The number of thioether (sulfide) groups is 1. The van der Waals surface area contributed by atoms with Gasteiger partial charge in [-0.3, -0.25) is 4.79 Å². The number of carbonyl (C=O) groups is 1. The lowest BCUT2D eigenvalue weighted by Gasteiger charge is -2.17. The van der Waals surface area contributed by atoms with Crippen LogP contribution in [0.15, 0.2) is 12.1 Å². The van der Waals surface area contributed by atoms with Crippen LogP contribution in [-0.4, -0.2) is 36.7 Å². The molecule has 1 aromatic carbocycles. The molecule has 1 saturated carbocycles. The summed E-state index contributed by atoms with van der Waals surface area (Å²) in [5.41, 5.74) is 0.505. The Morgan fingerprint density at radius 2 is 2.16 bits per heavy atom. The molecule has 140 valence electrons. The molecule has 0 saturated heterocycles. The SMILES string of the molecule is CCS[C@@H]1CC[C@H](NC(=O)c2cc(Cl)c(OCC(C)C)c(OC)c2)C1. The van der Waals surface area contributed by atoms with E-state index < -0.39 is 0 Å². The summed E-state index contributed by atoms with van der Waals surface area (Å²) < 4.78 is 11.1. The molecular weight excluding hydrogens is 358 g/mol. The van der Waals surface area contributed by atoms with E-state index in [0.717, 1.165) is 25.0 Å². The van der Waals surface area contributed by atoms with Crippen LogP contribution in [0, 0.1) is 5.92 Å². The van der Waals surface area contributed by atoms with E-state index in [9.17, 15) is 4.79 Å². The monoisotopic (exact) mass is 385 g/mol. The molecule has 1 aliphatic rings. The highest BCUT2D eigenvalue weighted by Crippen LogP contribution is 2.37. The van der Waals surface area contributed by atoms with E-state index in [1.807, 2.05) is 11.8 Å². The van der Waals surface area contributed by atoms with E-state index in [0.29, 0.717) is 39.9 Å². The first-order chi connectivity index (χ1) is 11.9. The van der Waals surface area contributed by atoms with Crippen molar-refractivity contribution in [1.29, 1.82) is 0 Å². The number of ether oxygens (including phenoxy) is 2. The van der Waals surface area contributed by atoms with Gasteiger partial charge in [-0.25, -0.2) is 0 Å². The maximum atomic E-state index is 12.6. The lowest BCUT2D eigenvalue weighted by Crippen LogP contribution is -2.33. The zero-order chi connectivity index (χ0) is 18.4. The van der Waals surface area contributed by atoms with E-state index in [2.05, 4.69) is 26.1 Å². The van der Waals surface area contributed by atoms with Gasteiger partial charge in [0.2, 0.25) is 0 Å². The molecular formula is C19H28ClNO3S. The molecule has 6 heteroatoms. The molecule has 0 aliphatic heterocycles. The van der Waals surface area contributed by atoms with E-state index in [1.165, 1.54) is 0 Å². The largest absolute Gasteiger partial charge is 0.493 e. The maximum absolute atomic E-state index is 12.6. The molecule has 1 aliphatic carbocycles. The zero-order valence-electron chi connectivity index (χ0n) is 15.4. The summed E-state index contributed by atoms with van der Waals surface area (Å²) in [6.07, 6.45) is 3.23. The quantitative estimate of drug-likeness (QED) is 0.699. The van der Waals surface area contributed by atoms with Gasteiger partial charge in [0.05, 0.1) is 18.7 Å². The predicted octanol–water partition coefficient (Wildman–Crippen LogP) is 4.79. The molecule has 1 amide bonds. The molecule has 0 aromatic heterocycles. The number of rotatable bonds is 8. The first-order valence-corrected chi connectivity index (χ1v) is 10.3. The molecule has 0 heterocycles. The van der Waals surface area contributed by atoms with Crippen LogP contribution in [0.5, 0.6) is 11.5 Å². The van der Waals surface area contributed by atoms with Crippen LogP contribution in [0.2, 0.25) is 5.02 Å². The Hall–Kier alpha value is -1.07. The van der Waals surface area contributed by atoms with E-state index >= 15 is 0 Å². The molecule has 25 heavy (non-hydrogen) atoms. The highest BCUT2D eigenvalue weighted by atomic mass is 35.5. The molecule has 2 rings (SSSR count). The normalized spacial score (nSPS) is 19.9. The standard InChI is InChI=1S/C19H28ClNO3S/c1-5-25-15-7-6-14(10-15)21-19(22)13-8-16(20)18(17(9-13)23-4)24-11-12(2)3/h8-9,12,14-15H,5-7,10-11H2,1-4H3,(H,21,22)/t14-,15+/m0/s1. The Kier molecular flexibility index (Phi) is 7.76. The fraction of sp³-hybridized carbons (Fsp3) is 0.632. The minimum Gasteiger partial charge on any atom is -0.493 e. The number of nitrogens with one attached hydrogen (secondary N) is 1. The van der Waals surface area contributed by atoms with Crippen LogP contribution in [-0.2, 0) is 0 Å². The molecule has 2 atom stereocenters. The van der Waals surface area contributed by atoms with Gasteiger partial charge in [0.15, 0.2) is 11.5 Å². The van der Waals surface area contributed by atoms with Crippen molar-refractivity contribution in [3.63, 3.8) is 0 Å². The third-order valence-electron chi connectivity index (χ3n) is 4.17. The number of hydrogen-bond donors (Lipinski definition) is 1. The van der Waals surface area contributed by atoms with Crippen LogP contribution in [0.4, 0.5) is 0 Å². The van der Waals surface area contributed by atoms with Gasteiger partial charge < -0.3 is 14.8 Å². The number of hydrogen-bond acceptors (Lipinski definition) is 4. The van der Waals surface area contributed by atoms with Gasteiger partial charge in [-0.2, -0.15) is 11.8 Å². The third kappa shape index (κ3) is 5.71. The van der Waals surface area contributed by atoms with Crippen molar-refractivity contribution in [3.8, 4) is 11.5 Å². The fourth-order valence-corrected chi connectivity index (χ4v) is 4.38. The summed E-state index contributed by atoms with van der Waals surface area (Å²) in [5, 5.41) is 4.18. The second-order valence-electron chi connectivity index (χ2n) is 6.76. The summed E-state index contributed by atoms with van der Waals surface area (Å²) in [5.74, 6) is 2.37. The van der Waals surface area contributed by atoms with E-state index in [1.54, 1.807) is 19.2 Å². The van der Waals surface area contributed by atoms with Crippen molar-refractivity contribution in [2.75, 3.05) is 19.5 Å². The molecule has 1 fully saturated rings. The van der Waals surface area contributed by atoms with Gasteiger partial charge in [-0.05, 0) is 43.1 Å². The molecule has 1 N–H and O–H groups in total.